The molecule has 3 rings (SSSR count). The number of ether oxygens (including phenoxy) is 1. The maximum Gasteiger partial charge on any atom is 0.167 e. The summed E-state index contributed by atoms with van der Waals surface area (Å²) < 4.78 is 33.3. The predicted octanol–water partition coefficient (Wildman–Crippen LogP) is 2.71. The second-order valence-corrected chi connectivity index (χ2v) is 4.78. The van der Waals surface area contributed by atoms with E-state index in [4.69, 9.17) is 4.74 Å². The molecular weight excluding hydrogens is 304 g/mol. The smallest absolute Gasteiger partial charge is 0.167 e. The molecule has 0 saturated heterocycles. The highest BCUT2D eigenvalue weighted by molar-refractivity contribution is 5.64. The van der Waals surface area contributed by atoms with Crippen LogP contribution >= 0.6 is 0 Å². The van der Waals surface area contributed by atoms with Gasteiger partial charge < -0.3 is 9.84 Å². The van der Waals surface area contributed by atoms with Gasteiger partial charge in [-0.15, -0.1) is 5.10 Å². The van der Waals surface area contributed by atoms with Crippen LogP contribution in [0.3, 0.4) is 0 Å². The largest absolute Gasteiger partial charge is 0.494 e. The van der Waals surface area contributed by atoms with Crippen molar-refractivity contribution in [2.24, 2.45) is 0 Å². The van der Waals surface area contributed by atoms with E-state index >= 15 is 0 Å². The lowest BCUT2D eigenvalue weighted by atomic mass is 10.1. The van der Waals surface area contributed by atoms with E-state index in [2.05, 4.69) is 10.3 Å². The highest BCUT2D eigenvalue weighted by Crippen LogP contribution is 2.27. The molecule has 0 radical (unpaired) electrons. The Morgan fingerprint density at radius 1 is 1.13 bits per heavy atom. The molecule has 0 bridgehead atoms. The van der Waals surface area contributed by atoms with E-state index in [1.54, 1.807) is 18.2 Å². The van der Waals surface area contributed by atoms with Crippen molar-refractivity contribution < 1.29 is 18.6 Å². The fraction of sp³-hybridized carbons (Fsp3) is 0.125. The van der Waals surface area contributed by atoms with Gasteiger partial charge in [0.25, 0.3) is 0 Å². The highest BCUT2D eigenvalue weighted by atomic mass is 19.1. The quantitative estimate of drug-likeness (QED) is 0.804. The summed E-state index contributed by atoms with van der Waals surface area (Å²) in [5.74, 6) is -0.815. The van der Waals surface area contributed by atoms with Crippen LogP contribution in [0.1, 0.15) is 5.69 Å². The van der Waals surface area contributed by atoms with E-state index in [-0.39, 0.29) is 18.2 Å². The summed E-state index contributed by atoms with van der Waals surface area (Å²) in [6.45, 7) is -0.342. The third-order valence-corrected chi connectivity index (χ3v) is 3.39. The number of methoxy groups -OCH3 is 1. The van der Waals surface area contributed by atoms with Crippen LogP contribution in [0.5, 0.6) is 5.75 Å². The first-order valence-electron chi connectivity index (χ1n) is 6.79. The Bertz CT molecular complexity index is 832. The Morgan fingerprint density at radius 2 is 1.87 bits per heavy atom. The van der Waals surface area contributed by atoms with Crippen molar-refractivity contribution in [1.82, 2.24) is 15.0 Å². The molecule has 0 saturated carbocycles. The molecule has 0 spiro atoms. The van der Waals surface area contributed by atoms with Crippen LogP contribution < -0.4 is 4.74 Å². The first kappa shape index (κ1) is 15.1. The predicted molar refractivity (Wildman–Crippen MR) is 79.2 cm³/mol. The van der Waals surface area contributed by atoms with E-state index in [9.17, 15) is 13.9 Å². The summed E-state index contributed by atoms with van der Waals surface area (Å²) in [7, 11) is 1.38. The van der Waals surface area contributed by atoms with E-state index < -0.39 is 5.82 Å². The fourth-order valence-corrected chi connectivity index (χ4v) is 2.28. The van der Waals surface area contributed by atoms with Gasteiger partial charge in [-0.1, -0.05) is 5.21 Å². The van der Waals surface area contributed by atoms with Crippen molar-refractivity contribution in [1.29, 1.82) is 0 Å². The summed E-state index contributed by atoms with van der Waals surface area (Å²) in [6, 6.07) is 10.0. The average molecular weight is 317 g/mol. The van der Waals surface area contributed by atoms with Gasteiger partial charge in [-0.3, -0.25) is 0 Å². The Morgan fingerprint density at radius 3 is 2.48 bits per heavy atom. The lowest BCUT2D eigenvalue weighted by Crippen LogP contribution is -2.01. The molecule has 2 aromatic carbocycles. The van der Waals surface area contributed by atoms with E-state index in [0.717, 1.165) is 0 Å². The number of halogens is 2. The minimum Gasteiger partial charge on any atom is -0.494 e. The standard InChI is InChI=1S/C16H13F2N3O2/c1-23-15-7-6-12(8-13(15)18)21-16(14(9-22)19-20-21)10-2-4-11(17)5-3-10/h2-8,22H,9H2,1H3. The Balaban J connectivity index is 2.15. The summed E-state index contributed by atoms with van der Waals surface area (Å²) in [5.41, 5.74) is 1.80. The molecule has 0 aliphatic rings. The number of hydrogen-bond donors (Lipinski definition) is 1. The van der Waals surface area contributed by atoms with Gasteiger partial charge in [-0.25, -0.2) is 13.5 Å². The number of hydrogen-bond acceptors (Lipinski definition) is 4. The minimum absolute atomic E-state index is 0.111. The second kappa shape index (κ2) is 6.13. The Kier molecular flexibility index (Phi) is 4.03. The average Bonchev–Trinajstić information content (AvgIpc) is 2.99. The molecule has 0 fully saturated rings. The SMILES string of the molecule is COc1ccc(-n2nnc(CO)c2-c2ccc(F)cc2)cc1F. The molecule has 0 aliphatic heterocycles. The number of aromatic nitrogens is 3. The minimum atomic E-state index is -0.545. The van der Waals surface area contributed by atoms with Crippen molar-refractivity contribution in [2.75, 3.05) is 7.11 Å². The van der Waals surface area contributed by atoms with Gasteiger partial charge in [0.05, 0.1) is 19.4 Å². The normalized spacial score (nSPS) is 10.8. The molecule has 5 nitrogen and oxygen atoms in total. The van der Waals surface area contributed by atoms with Crippen molar-refractivity contribution >= 4 is 0 Å². The Hall–Kier alpha value is -2.80. The summed E-state index contributed by atoms with van der Waals surface area (Å²) in [5, 5.41) is 17.3. The number of aliphatic hydroxyl groups is 1. The van der Waals surface area contributed by atoms with Crippen molar-refractivity contribution in [3.63, 3.8) is 0 Å². The molecule has 7 heteroatoms. The van der Waals surface area contributed by atoms with Crippen LogP contribution in [0, 0.1) is 11.6 Å². The van der Waals surface area contributed by atoms with Crippen molar-refractivity contribution in [3.05, 3.63) is 59.8 Å². The van der Waals surface area contributed by atoms with Crippen molar-refractivity contribution in [3.8, 4) is 22.7 Å². The first-order chi connectivity index (χ1) is 11.1. The molecule has 3 aromatic rings. The molecule has 118 valence electrons. The van der Waals surface area contributed by atoms with Gasteiger partial charge >= 0.3 is 0 Å². The van der Waals surface area contributed by atoms with Crippen molar-refractivity contribution in [2.45, 2.75) is 6.61 Å². The molecule has 0 amide bonds. The number of benzene rings is 2. The van der Waals surface area contributed by atoms with Gasteiger partial charge in [-0.2, -0.15) is 0 Å². The van der Waals surface area contributed by atoms with Crippen LogP contribution in [-0.2, 0) is 6.61 Å². The highest BCUT2D eigenvalue weighted by Gasteiger charge is 2.17. The van der Waals surface area contributed by atoms with Crippen LogP contribution in [0.4, 0.5) is 8.78 Å². The van der Waals surface area contributed by atoms with E-state index in [0.29, 0.717) is 22.6 Å². The van der Waals surface area contributed by atoms with Gasteiger partial charge in [0.2, 0.25) is 0 Å². The topological polar surface area (TPSA) is 60.2 Å². The first-order valence-corrected chi connectivity index (χ1v) is 6.79. The van der Waals surface area contributed by atoms with Crippen LogP contribution in [0.25, 0.3) is 16.9 Å². The molecule has 1 heterocycles. The van der Waals surface area contributed by atoms with Gasteiger partial charge in [0.1, 0.15) is 17.2 Å². The molecule has 0 atom stereocenters. The molecule has 23 heavy (non-hydrogen) atoms. The monoisotopic (exact) mass is 317 g/mol. The fourth-order valence-electron chi connectivity index (χ4n) is 2.28. The molecule has 1 N–H and O–H groups in total. The molecule has 0 aliphatic carbocycles. The summed E-state index contributed by atoms with van der Waals surface area (Å²) >= 11 is 0. The van der Waals surface area contributed by atoms with Gasteiger partial charge in [0, 0.05) is 11.6 Å². The molecule has 0 unspecified atom stereocenters. The lowest BCUT2D eigenvalue weighted by Gasteiger charge is -2.09. The zero-order valence-electron chi connectivity index (χ0n) is 12.2. The summed E-state index contributed by atoms with van der Waals surface area (Å²) in [4.78, 5) is 0. The summed E-state index contributed by atoms with van der Waals surface area (Å²) in [6.07, 6.45) is 0. The lowest BCUT2D eigenvalue weighted by molar-refractivity contribution is 0.277. The second-order valence-electron chi connectivity index (χ2n) is 4.78. The third-order valence-electron chi connectivity index (χ3n) is 3.39. The maximum atomic E-state index is 13.9. The van der Waals surface area contributed by atoms with Crippen LogP contribution in [-0.4, -0.2) is 27.2 Å². The van der Waals surface area contributed by atoms with Crippen LogP contribution in [0.2, 0.25) is 0 Å². The zero-order valence-corrected chi connectivity index (χ0v) is 12.2. The Labute approximate surface area is 130 Å². The molecular formula is C16H13F2N3O2. The van der Waals surface area contributed by atoms with Gasteiger partial charge in [0.15, 0.2) is 11.6 Å². The maximum absolute atomic E-state index is 13.9. The number of aliphatic hydroxyl groups excluding tert-OH is 1. The number of rotatable bonds is 4. The van der Waals surface area contributed by atoms with E-state index in [1.165, 1.54) is 36.1 Å². The van der Waals surface area contributed by atoms with Crippen LogP contribution in [0.15, 0.2) is 42.5 Å². The zero-order chi connectivity index (χ0) is 16.4. The molecule has 1 aromatic heterocycles. The van der Waals surface area contributed by atoms with Gasteiger partial charge in [-0.05, 0) is 36.4 Å². The third kappa shape index (κ3) is 2.78. The number of nitrogens with zero attached hydrogens (tertiary/aromatic N) is 3. The van der Waals surface area contributed by atoms with E-state index in [1.807, 2.05) is 0 Å².